The number of aliphatic hydroxyl groups is 1. The maximum atomic E-state index is 11.6. The van der Waals surface area contributed by atoms with E-state index in [0.717, 1.165) is 10.0 Å². The third-order valence-corrected chi connectivity index (χ3v) is 3.15. The fourth-order valence-electron chi connectivity index (χ4n) is 1.67. The van der Waals surface area contributed by atoms with Crippen molar-refractivity contribution in [2.45, 2.75) is 51.9 Å². The summed E-state index contributed by atoms with van der Waals surface area (Å²) in [7, 11) is 0. The average molecular weight is 344 g/mol. The molecule has 0 aliphatic heterocycles. The Bertz CT molecular complexity index is 457. The van der Waals surface area contributed by atoms with Crippen LogP contribution < -0.4 is 5.32 Å². The number of halogens is 1. The van der Waals surface area contributed by atoms with Gasteiger partial charge in [0.15, 0.2) is 0 Å². The van der Waals surface area contributed by atoms with Crippen molar-refractivity contribution in [2.75, 3.05) is 0 Å². The van der Waals surface area contributed by atoms with Gasteiger partial charge in [-0.1, -0.05) is 28.1 Å². The van der Waals surface area contributed by atoms with E-state index in [2.05, 4.69) is 21.2 Å². The summed E-state index contributed by atoms with van der Waals surface area (Å²) in [5.74, 6) is 0. The Kier molecular flexibility index (Phi) is 6.02. The molecule has 1 aromatic rings. The first-order valence-corrected chi connectivity index (χ1v) is 7.39. The van der Waals surface area contributed by atoms with Gasteiger partial charge >= 0.3 is 6.09 Å². The summed E-state index contributed by atoms with van der Waals surface area (Å²) in [5, 5.41) is 12.8. The number of benzene rings is 1. The van der Waals surface area contributed by atoms with Crippen molar-refractivity contribution in [2.24, 2.45) is 0 Å². The smallest absolute Gasteiger partial charge is 0.407 e. The van der Waals surface area contributed by atoms with E-state index in [4.69, 9.17) is 4.74 Å². The molecule has 0 saturated carbocycles. The van der Waals surface area contributed by atoms with E-state index in [9.17, 15) is 9.90 Å². The summed E-state index contributed by atoms with van der Waals surface area (Å²) in [5.41, 5.74) is 0.462. The molecule has 2 unspecified atom stereocenters. The van der Waals surface area contributed by atoms with Crippen LogP contribution in [0, 0.1) is 0 Å². The van der Waals surface area contributed by atoms with E-state index in [-0.39, 0.29) is 6.04 Å². The fraction of sp³-hybridized carbons (Fsp3) is 0.533. The Labute approximate surface area is 128 Å². The van der Waals surface area contributed by atoms with Gasteiger partial charge in [-0.25, -0.2) is 4.79 Å². The third kappa shape index (κ3) is 6.39. The second-order valence-electron chi connectivity index (χ2n) is 5.84. The number of carbonyl (C=O) groups is 1. The standard InChI is InChI=1S/C15H22BrNO3/c1-10(17-14(19)20-15(2,3)4)13(18)9-11-6-5-7-12(16)8-11/h5-8,10,13,18H,9H2,1-4H3,(H,17,19). The summed E-state index contributed by atoms with van der Waals surface area (Å²) in [4.78, 5) is 11.6. The first kappa shape index (κ1) is 17.0. The van der Waals surface area contributed by atoms with Crippen molar-refractivity contribution in [3.05, 3.63) is 34.3 Å². The van der Waals surface area contributed by atoms with Crippen LogP contribution in [0.15, 0.2) is 28.7 Å². The quantitative estimate of drug-likeness (QED) is 0.881. The highest BCUT2D eigenvalue weighted by atomic mass is 79.9. The molecule has 0 fully saturated rings. The second kappa shape index (κ2) is 7.09. The summed E-state index contributed by atoms with van der Waals surface area (Å²) in [6.07, 6.45) is -0.716. The highest BCUT2D eigenvalue weighted by Gasteiger charge is 2.21. The van der Waals surface area contributed by atoms with Crippen LogP contribution in [0.5, 0.6) is 0 Å². The molecule has 4 nitrogen and oxygen atoms in total. The van der Waals surface area contributed by atoms with Crippen LogP contribution in [0.25, 0.3) is 0 Å². The van der Waals surface area contributed by atoms with Gasteiger partial charge in [0.1, 0.15) is 5.60 Å². The third-order valence-electron chi connectivity index (χ3n) is 2.66. The van der Waals surface area contributed by atoms with Crippen LogP contribution in [-0.4, -0.2) is 28.9 Å². The Morgan fingerprint density at radius 3 is 2.65 bits per heavy atom. The molecule has 1 aromatic carbocycles. The average Bonchev–Trinajstić information content (AvgIpc) is 2.25. The molecule has 20 heavy (non-hydrogen) atoms. The Morgan fingerprint density at radius 1 is 1.45 bits per heavy atom. The van der Waals surface area contributed by atoms with Crippen LogP contribution in [0.1, 0.15) is 33.3 Å². The predicted octanol–water partition coefficient (Wildman–Crippen LogP) is 3.27. The lowest BCUT2D eigenvalue weighted by atomic mass is 10.0. The molecule has 0 aromatic heterocycles. The zero-order chi connectivity index (χ0) is 15.3. The van der Waals surface area contributed by atoms with Gasteiger partial charge in [-0.05, 0) is 45.4 Å². The van der Waals surface area contributed by atoms with Crippen molar-refractivity contribution in [1.82, 2.24) is 5.32 Å². The first-order valence-electron chi connectivity index (χ1n) is 6.59. The maximum Gasteiger partial charge on any atom is 0.407 e. The second-order valence-corrected chi connectivity index (χ2v) is 6.75. The number of alkyl carbamates (subject to hydrolysis) is 1. The topological polar surface area (TPSA) is 58.6 Å². The Hall–Kier alpha value is -1.07. The van der Waals surface area contributed by atoms with Gasteiger partial charge in [0.05, 0.1) is 12.1 Å². The van der Waals surface area contributed by atoms with Crippen LogP contribution in [0.2, 0.25) is 0 Å². The molecule has 1 amide bonds. The molecule has 0 aliphatic rings. The van der Waals surface area contributed by atoms with Gasteiger partial charge in [-0.15, -0.1) is 0 Å². The number of amides is 1. The highest BCUT2D eigenvalue weighted by Crippen LogP contribution is 2.14. The van der Waals surface area contributed by atoms with Gasteiger partial charge in [0.25, 0.3) is 0 Å². The van der Waals surface area contributed by atoms with Gasteiger partial charge in [0.2, 0.25) is 0 Å². The molecular formula is C15H22BrNO3. The number of ether oxygens (including phenoxy) is 1. The normalized spacial score (nSPS) is 14.5. The SMILES string of the molecule is CC(NC(=O)OC(C)(C)C)C(O)Cc1cccc(Br)c1. The molecule has 0 heterocycles. The van der Waals surface area contributed by atoms with Gasteiger partial charge in [0, 0.05) is 10.9 Å². The number of aliphatic hydroxyl groups excluding tert-OH is 1. The molecule has 0 saturated heterocycles. The van der Waals surface area contributed by atoms with Crippen molar-refractivity contribution in [3.63, 3.8) is 0 Å². The number of hydrogen-bond acceptors (Lipinski definition) is 3. The van der Waals surface area contributed by atoms with Crippen molar-refractivity contribution in [1.29, 1.82) is 0 Å². The van der Waals surface area contributed by atoms with Gasteiger partial charge in [-0.2, -0.15) is 0 Å². The number of nitrogens with one attached hydrogen (secondary N) is 1. The zero-order valence-electron chi connectivity index (χ0n) is 12.3. The molecule has 112 valence electrons. The molecule has 2 atom stereocenters. The minimum absolute atomic E-state index is 0.385. The molecule has 0 bridgehead atoms. The molecule has 0 aliphatic carbocycles. The monoisotopic (exact) mass is 343 g/mol. The summed E-state index contributed by atoms with van der Waals surface area (Å²) < 4.78 is 6.13. The van der Waals surface area contributed by atoms with Crippen LogP contribution in [0.3, 0.4) is 0 Å². The fourth-order valence-corrected chi connectivity index (χ4v) is 2.12. The van der Waals surface area contributed by atoms with Crippen LogP contribution >= 0.6 is 15.9 Å². The van der Waals surface area contributed by atoms with Gasteiger partial charge < -0.3 is 15.2 Å². The maximum absolute atomic E-state index is 11.6. The number of rotatable bonds is 4. The minimum Gasteiger partial charge on any atom is -0.444 e. The predicted molar refractivity (Wildman–Crippen MR) is 82.7 cm³/mol. The summed E-state index contributed by atoms with van der Waals surface area (Å²) >= 11 is 3.39. The van der Waals surface area contributed by atoms with Crippen molar-refractivity contribution < 1.29 is 14.6 Å². The van der Waals surface area contributed by atoms with E-state index in [1.54, 1.807) is 27.7 Å². The Balaban J connectivity index is 2.51. The molecule has 2 N–H and O–H groups in total. The minimum atomic E-state index is -0.670. The molecular weight excluding hydrogens is 322 g/mol. The van der Waals surface area contributed by atoms with E-state index in [0.29, 0.717) is 6.42 Å². The van der Waals surface area contributed by atoms with E-state index in [1.807, 2.05) is 24.3 Å². The van der Waals surface area contributed by atoms with Crippen molar-refractivity contribution in [3.8, 4) is 0 Å². The van der Waals surface area contributed by atoms with Gasteiger partial charge in [-0.3, -0.25) is 0 Å². The lowest BCUT2D eigenvalue weighted by Crippen LogP contribution is -2.44. The molecule has 1 rings (SSSR count). The zero-order valence-corrected chi connectivity index (χ0v) is 13.9. The largest absolute Gasteiger partial charge is 0.444 e. The Morgan fingerprint density at radius 2 is 2.10 bits per heavy atom. The van der Waals surface area contributed by atoms with E-state index >= 15 is 0 Å². The lowest BCUT2D eigenvalue weighted by molar-refractivity contribution is 0.0436. The van der Waals surface area contributed by atoms with Crippen LogP contribution in [-0.2, 0) is 11.2 Å². The highest BCUT2D eigenvalue weighted by molar-refractivity contribution is 9.10. The summed E-state index contributed by atoms with van der Waals surface area (Å²) in [6.45, 7) is 7.16. The first-order chi connectivity index (χ1) is 9.17. The molecule has 0 radical (unpaired) electrons. The molecule has 0 spiro atoms. The van der Waals surface area contributed by atoms with Crippen molar-refractivity contribution >= 4 is 22.0 Å². The van der Waals surface area contributed by atoms with E-state index in [1.165, 1.54) is 0 Å². The van der Waals surface area contributed by atoms with E-state index < -0.39 is 17.8 Å². The number of hydrogen-bond donors (Lipinski definition) is 2. The molecule has 5 heteroatoms. The summed E-state index contributed by atoms with van der Waals surface area (Å²) in [6, 6.07) is 7.34. The lowest BCUT2D eigenvalue weighted by Gasteiger charge is -2.24. The van der Waals surface area contributed by atoms with Crippen LogP contribution in [0.4, 0.5) is 4.79 Å². The number of carbonyl (C=O) groups excluding carboxylic acids is 1.